The van der Waals surface area contributed by atoms with Crippen LogP contribution in [0.5, 0.6) is 0 Å². The zero-order valence-corrected chi connectivity index (χ0v) is 9.64. The third-order valence-corrected chi connectivity index (χ3v) is 4.73. The lowest BCUT2D eigenvalue weighted by molar-refractivity contribution is 0.104. The normalized spacial score (nSPS) is 44.6. The van der Waals surface area contributed by atoms with Crippen molar-refractivity contribution in [2.45, 2.75) is 46.1 Å². The van der Waals surface area contributed by atoms with Crippen molar-refractivity contribution >= 4 is 0 Å². The van der Waals surface area contributed by atoms with Gasteiger partial charge in [0.25, 0.3) is 0 Å². The highest BCUT2D eigenvalue weighted by Crippen LogP contribution is 2.62. The van der Waals surface area contributed by atoms with Crippen LogP contribution in [0.15, 0.2) is 0 Å². The molecule has 0 heterocycles. The summed E-state index contributed by atoms with van der Waals surface area (Å²) >= 11 is 0. The summed E-state index contributed by atoms with van der Waals surface area (Å²) in [6.45, 7) is 8.19. The molecule has 2 fully saturated rings. The van der Waals surface area contributed by atoms with E-state index in [4.69, 9.17) is 5.11 Å². The van der Waals surface area contributed by atoms with Crippen molar-refractivity contribution in [3.05, 3.63) is 0 Å². The van der Waals surface area contributed by atoms with Crippen LogP contribution in [-0.4, -0.2) is 24.3 Å². The highest BCUT2D eigenvalue weighted by atomic mass is 16.3. The molecule has 0 amide bonds. The predicted octanol–water partition coefficient (Wildman–Crippen LogP) is 1.78. The van der Waals surface area contributed by atoms with Crippen molar-refractivity contribution in [3.8, 4) is 0 Å². The van der Waals surface area contributed by atoms with Gasteiger partial charge in [0.1, 0.15) is 0 Å². The Balaban J connectivity index is 2.13. The fourth-order valence-corrected chi connectivity index (χ4v) is 4.02. The van der Waals surface area contributed by atoms with Gasteiger partial charge in [-0.3, -0.25) is 0 Å². The van der Waals surface area contributed by atoms with Crippen LogP contribution in [-0.2, 0) is 0 Å². The first kappa shape index (κ1) is 10.4. The molecule has 82 valence electrons. The zero-order chi connectivity index (χ0) is 10.4. The van der Waals surface area contributed by atoms with E-state index in [1.165, 1.54) is 19.3 Å². The van der Waals surface area contributed by atoms with Gasteiger partial charge in [0.15, 0.2) is 0 Å². The predicted molar refractivity (Wildman–Crippen MR) is 58.1 cm³/mol. The monoisotopic (exact) mass is 197 g/mol. The Bertz CT molecular complexity index is 222. The molecule has 0 saturated heterocycles. The van der Waals surface area contributed by atoms with Gasteiger partial charge in [-0.05, 0) is 36.0 Å². The van der Waals surface area contributed by atoms with E-state index >= 15 is 0 Å². The molecule has 3 atom stereocenters. The Morgan fingerprint density at radius 3 is 2.57 bits per heavy atom. The second kappa shape index (κ2) is 3.21. The molecule has 3 unspecified atom stereocenters. The van der Waals surface area contributed by atoms with Crippen LogP contribution in [0.3, 0.4) is 0 Å². The van der Waals surface area contributed by atoms with Crippen molar-refractivity contribution in [2.24, 2.45) is 16.7 Å². The molecule has 0 aliphatic heterocycles. The van der Waals surface area contributed by atoms with E-state index in [-0.39, 0.29) is 6.61 Å². The molecule has 0 aromatic rings. The van der Waals surface area contributed by atoms with Gasteiger partial charge >= 0.3 is 0 Å². The van der Waals surface area contributed by atoms with Gasteiger partial charge in [-0.1, -0.05) is 20.8 Å². The number of fused-ring (bicyclic) bond motifs is 2. The maximum atomic E-state index is 8.89. The highest BCUT2D eigenvalue weighted by molar-refractivity contribution is 5.11. The SMILES string of the molecule is CC12CCC(C1)C(C)(C)C2NCCO. The Kier molecular flexibility index (Phi) is 2.39. The van der Waals surface area contributed by atoms with E-state index in [1.54, 1.807) is 0 Å². The summed E-state index contributed by atoms with van der Waals surface area (Å²) in [5.41, 5.74) is 0.908. The standard InChI is InChI=1S/C12H23NO/c1-11(2)9-4-5-12(3,8-9)10(11)13-6-7-14/h9-10,13-14H,4-8H2,1-3H3. The summed E-state index contributed by atoms with van der Waals surface area (Å²) in [6.07, 6.45) is 4.15. The Labute approximate surface area is 87.1 Å². The van der Waals surface area contributed by atoms with E-state index in [1.807, 2.05) is 0 Å². The summed E-state index contributed by atoms with van der Waals surface area (Å²) in [5, 5.41) is 12.4. The number of aliphatic hydroxyl groups is 1. The van der Waals surface area contributed by atoms with Crippen molar-refractivity contribution in [1.82, 2.24) is 5.32 Å². The molecule has 2 aliphatic carbocycles. The first-order valence-electron chi connectivity index (χ1n) is 5.85. The third-order valence-electron chi connectivity index (χ3n) is 4.73. The molecule has 2 bridgehead atoms. The average Bonchev–Trinajstić information content (AvgIpc) is 2.55. The fourth-order valence-electron chi connectivity index (χ4n) is 4.02. The molecule has 0 aromatic heterocycles. The lowest BCUT2D eigenvalue weighted by Gasteiger charge is -2.43. The Morgan fingerprint density at radius 1 is 1.36 bits per heavy atom. The van der Waals surface area contributed by atoms with E-state index in [9.17, 15) is 0 Å². The van der Waals surface area contributed by atoms with Crippen LogP contribution in [0.2, 0.25) is 0 Å². The summed E-state index contributed by atoms with van der Waals surface area (Å²) < 4.78 is 0. The molecule has 2 rings (SSSR count). The summed E-state index contributed by atoms with van der Waals surface area (Å²) in [5.74, 6) is 0.892. The molecule has 0 radical (unpaired) electrons. The van der Waals surface area contributed by atoms with E-state index in [2.05, 4.69) is 26.1 Å². The van der Waals surface area contributed by atoms with Gasteiger partial charge < -0.3 is 10.4 Å². The number of hydrogen-bond acceptors (Lipinski definition) is 2. The van der Waals surface area contributed by atoms with Crippen molar-refractivity contribution in [3.63, 3.8) is 0 Å². The molecular weight excluding hydrogens is 174 g/mol. The smallest absolute Gasteiger partial charge is 0.0556 e. The van der Waals surface area contributed by atoms with Crippen molar-refractivity contribution in [1.29, 1.82) is 0 Å². The highest BCUT2D eigenvalue weighted by Gasteiger charge is 2.58. The fraction of sp³-hybridized carbons (Fsp3) is 1.00. The van der Waals surface area contributed by atoms with Gasteiger partial charge in [-0.2, -0.15) is 0 Å². The van der Waals surface area contributed by atoms with Crippen LogP contribution >= 0.6 is 0 Å². The minimum absolute atomic E-state index is 0.257. The lowest BCUT2D eigenvalue weighted by atomic mass is 9.68. The largest absolute Gasteiger partial charge is 0.395 e. The van der Waals surface area contributed by atoms with E-state index in [0.29, 0.717) is 16.9 Å². The van der Waals surface area contributed by atoms with Crippen LogP contribution in [0.1, 0.15) is 40.0 Å². The molecular formula is C12H23NO. The second-order valence-electron chi connectivity index (χ2n) is 6.03. The number of nitrogens with one attached hydrogen (secondary N) is 1. The molecule has 2 nitrogen and oxygen atoms in total. The topological polar surface area (TPSA) is 32.3 Å². The van der Waals surface area contributed by atoms with Gasteiger partial charge in [0.2, 0.25) is 0 Å². The number of rotatable bonds is 3. The summed E-state index contributed by atoms with van der Waals surface area (Å²) in [4.78, 5) is 0. The van der Waals surface area contributed by atoms with E-state index in [0.717, 1.165) is 12.5 Å². The maximum Gasteiger partial charge on any atom is 0.0556 e. The minimum Gasteiger partial charge on any atom is -0.395 e. The van der Waals surface area contributed by atoms with Crippen LogP contribution in [0.4, 0.5) is 0 Å². The number of hydrogen-bond donors (Lipinski definition) is 2. The Morgan fingerprint density at radius 2 is 2.07 bits per heavy atom. The minimum atomic E-state index is 0.257. The molecule has 14 heavy (non-hydrogen) atoms. The third kappa shape index (κ3) is 1.31. The molecule has 2 N–H and O–H groups in total. The zero-order valence-electron chi connectivity index (χ0n) is 9.64. The van der Waals surface area contributed by atoms with Crippen molar-refractivity contribution < 1.29 is 5.11 Å². The summed E-state index contributed by atoms with van der Waals surface area (Å²) in [7, 11) is 0. The molecule has 2 saturated carbocycles. The molecule has 2 aliphatic rings. The van der Waals surface area contributed by atoms with E-state index < -0.39 is 0 Å². The lowest BCUT2D eigenvalue weighted by Crippen LogP contribution is -2.50. The molecule has 0 spiro atoms. The second-order valence-corrected chi connectivity index (χ2v) is 6.03. The Hall–Kier alpha value is -0.0800. The average molecular weight is 197 g/mol. The van der Waals surface area contributed by atoms with Crippen LogP contribution in [0, 0.1) is 16.7 Å². The quantitative estimate of drug-likeness (QED) is 0.723. The van der Waals surface area contributed by atoms with Crippen LogP contribution < -0.4 is 5.32 Å². The van der Waals surface area contributed by atoms with Gasteiger partial charge in [0, 0.05) is 12.6 Å². The number of aliphatic hydroxyl groups excluding tert-OH is 1. The van der Waals surface area contributed by atoms with Gasteiger partial charge in [0.05, 0.1) is 6.61 Å². The maximum absolute atomic E-state index is 8.89. The van der Waals surface area contributed by atoms with Gasteiger partial charge in [-0.25, -0.2) is 0 Å². The van der Waals surface area contributed by atoms with Crippen molar-refractivity contribution in [2.75, 3.05) is 13.2 Å². The first-order chi connectivity index (χ1) is 6.50. The van der Waals surface area contributed by atoms with Crippen LogP contribution in [0.25, 0.3) is 0 Å². The summed E-state index contributed by atoms with van der Waals surface area (Å²) in [6, 6.07) is 0.598. The first-order valence-corrected chi connectivity index (χ1v) is 5.85. The molecule has 2 heteroatoms. The molecule has 0 aromatic carbocycles. The van der Waals surface area contributed by atoms with Gasteiger partial charge in [-0.15, -0.1) is 0 Å².